The Morgan fingerprint density at radius 2 is 2.15 bits per heavy atom. The molecule has 2 heterocycles. The molecule has 2 aromatic heterocycles. The highest BCUT2D eigenvalue weighted by molar-refractivity contribution is 5.88. The van der Waals surface area contributed by atoms with Crippen LogP contribution in [-0.4, -0.2) is 37.8 Å². The number of aromatic nitrogens is 4. The first-order chi connectivity index (χ1) is 12.4. The smallest absolute Gasteiger partial charge is 0.319 e. The maximum Gasteiger partial charge on any atom is 0.319 e. The van der Waals surface area contributed by atoms with Gasteiger partial charge in [-0.2, -0.15) is 5.10 Å². The number of amides is 3. The van der Waals surface area contributed by atoms with Gasteiger partial charge in [0.15, 0.2) is 0 Å². The summed E-state index contributed by atoms with van der Waals surface area (Å²) in [6, 6.07) is 4.00. The molecule has 136 valence electrons. The van der Waals surface area contributed by atoms with Crippen LogP contribution < -0.4 is 16.4 Å². The number of imidazole rings is 1. The average Bonchev–Trinajstić information content (AvgIpc) is 3.12. The zero-order valence-corrected chi connectivity index (χ0v) is 14.1. The molecule has 3 aromatic rings. The van der Waals surface area contributed by atoms with Crippen molar-refractivity contribution in [2.24, 2.45) is 12.8 Å². The van der Waals surface area contributed by atoms with Crippen LogP contribution in [0.15, 0.2) is 30.6 Å². The van der Waals surface area contributed by atoms with Gasteiger partial charge < -0.3 is 20.9 Å². The number of nitrogens with one attached hydrogen (secondary N) is 2. The molecular weight excluding hydrogens is 341 g/mol. The van der Waals surface area contributed by atoms with Crippen molar-refractivity contribution in [3.05, 3.63) is 42.2 Å². The van der Waals surface area contributed by atoms with Gasteiger partial charge in [0.25, 0.3) is 0 Å². The number of aryl methyl sites for hydroxylation is 1. The van der Waals surface area contributed by atoms with Gasteiger partial charge in [-0.3, -0.25) is 9.48 Å². The summed E-state index contributed by atoms with van der Waals surface area (Å²) in [5.74, 6) is -0.104. The van der Waals surface area contributed by atoms with E-state index in [4.69, 9.17) is 5.73 Å². The van der Waals surface area contributed by atoms with Crippen LogP contribution in [0.25, 0.3) is 11.0 Å². The average molecular weight is 359 g/mol. The van der Waals surface area contributed by atoms with E-state index < -0.39 is 11.9 Å². The molecule has 0 saturated carbocycles. The predicted molar refractivity (Wildman–Crippen MR) is 92.8 cm³/mol. The second-order valence-electron chi connectivity index (χ2n) is 5.74. The zero-order valence-electron chi connectivity index (χ0n) is 14.1. The number of rotatable bonds is 6. The second-order valence-corrected chi connectivity index (χ2v) is 5.74. The molecule has 3 rings (SSSR count). The van der Waals surface area contributed by atoms with Crippen LogP contribution in [0.5, 0.6) is 0 Å². The Hall–Kier alpha value is -3.43. The summed E-state index contributed by atoms with van der Waals surface area (Å²) < 4.78 is 16.5. The minimum Gasteiger partial charge on any atom is -0.368 e. The summed E-state index contributed by atoms with van der Waals surface area (Å²) in [4.78, 5) is 27.2. The highest BCUT2D eigenvalue weighted by atomic mass is 19.1. The van der Waals surface area contributed by atoms with Gasteiger partial charge in [0.05, 0.1) is 22.9 Å². The molecule has 0 unspecified atom stereocenters. The first-order valence-electron chi connectivity index (χ1n) is 7.89. The maximum atomic E-state index is 13.3. The van der Waals surface area contributed by atoms with E-state index in [-0.39, 0.29) is 12.4 Å². The van der Waals surface area contributed by atoms with Crippen LogP contribution in [0.4, 0.5) is 14.9 Å². The minimum absolute atomic E-state index is 0.0589. The number of halogens is 1. The fourth-order valence-corrected chi connectivity index (χ4v) is 2.57. The van der Waals surface area contributed by atoms with Gasteiger partial charge in [-0.05, 0) is 18.2 Å². The van der Waals surface area contributed by atoms with Gasteiger partial charge in [-0.1, -0.05) is 0 Å². The fourth-order valence-electron chi connectivity index (χ4n) is 2.57. The molecule has 0 aliphatic rings. The topological polar surface area (TPSA) is 120 Å². The van der Waals surface area contributed by atoms with Crippen molar-refractivity contribution in [1.29, 1.82) is 0 Å². The van der Waals surface area contributed by atoms with Gasteiger partial charge in [-0.25, -0.2) is 14.2 Å². The first-order valence-corrected chi connectivity index (χ1v) is 7.89. The molecule has 0 radical (unpaired) electrons. The molecule has 3 amide bonds. The van der Waals surface area contributed by atoms with Gasteiger partial charge in [0.1, 0.15) is 18.2 Å². The quantitative estimate of drug-likeness (QED) is 0.602. The lowest BCUT2D eigenvalue weighted by Crippen LogP contribution is -2.30. The number of fused-ring (bicyclic) bond motifs is 1. The molecule has 0 saturated heterocycles. The molecule has 9 nitrogen and oxygen atoms in total. The van der Waals surface area contributed by atoms with Crippen LogP contribution in [-0.2, 0) is 24.8 Å². The molecule has 0 atom stereocenters. The van der Waals surface area contributed by atoms with E-state index in [1.807, 2.05) is 0 Å². The molecular formula is C16H18FN7O2. The van der Waals surface area contributed by atoms with Crippen molar-refractivity contribution in [1.82, 2.24) is 24.6 Å². The van der Waals surface area contributed by atoms with Crippen molar-refractivity contribution >= 4 is 28.7 Å². The Kier molecular flexibility index (Phi) is 4.83. The molecule has 0 fully saturated rings. The standard InChI is InChI=1S/C16H18FN7O2/c1-23-13-6-10(17)2-3-12(13)22-15(23)4-5-19-16(26)21-11-7-20-24(8-11)9-14(18)25/h2-3,6-8H,4-5,9H2,1H3,(H2,18,25)(H2,19,21,26). The minimum atomic E-state index is -0.522. The third-order valence-corrected chi connectivity index (χ3v) is 3.78. The van der Waals surface area contributed by atoms with Crippen molar-refractivity contribution in [3.8, 4) is 0 Å². The van der Waals surface area contributed by atoms with Crippen molar-refractivity contribution in [2.45, 2.75) is 13.0 Å². The lowest BCUT2D eigenvalue weighted by molar-refractivity contribution is -0.118. The van der Waals surface area contributed by atoms with Gasteiger partial charge in [0, 0.05) is 26.2 Å². The van der Waals surface area contributed by atoms with E-state index in [2.05, 4.69) is 20.7 Å². The molecule has 0 spiro atoms. The van der Waals surface area contributed by atoms with E-state index in [1.165, 1.54) is 29.2 Å². The number of hydrogen-bond donors (Lipinski definition) is 3. The predicted octanol–water partition coefficient (Wildman–Crippen LogP) is 0.758. The van der Waals surface area contributed by atoms with E-state index in [9.17, 15) is 14.0 Å². The summed E-state index contributed by atoms with van der Waals surface area (Å²) >= 11 is 0. The summed E-state index contributed by atoms with van der Waals surface area (Å²) in [6.07, 6.45) is 3.41. The van der Waals surface area contributed by atoms with Crippen LogP contribution in [0.1, 0.15) is 5.82 Å². The molecule has 1 aromatic carbocycles. The number of carbonyl (C=O) groups excluding carboxylic acids is 2. The van der Waals surface area contributed by atoms with E-state index in [0.29, 0.717) is 29.7 Å². The number of benzene rings is 1. The third-order valence-electron chi connectivity index (χ3n) is 3.78. The van der Waals surface area contributed by atoms with Gasteiger partial charge in [-0.15, -0.1) is 0 Å². The molecule has 4 N–H and O–H groups in total. The Bertz CT molecular complexity index is 963. The third kappa shape index (κ3) is 3.97. The van der Waals surface area contributed by atoms with E-state index in [1.54, 1.807) is 17.7 Å². The van der Waals surface area contributed by atoms with Crippen molar-refractivity contribution < 1.29 is 14.0 Å². The van der Waals surface area contributed by atoms with E-state index >= 15 is 0 Å². The number of anilines is 1. The Labute approximate surface area is 148 Å². The Morgan fingerprint density at radius 1 is 1.35 bits per heavy atom. The normalized spacial score (nSPS) is 10.8. The maximum absolute atomic E-state index is 13.3. The van der Waals surface area contributed by atoms with Crippen LogP contribution >= 0.6 is 0 Å². The number of nitrogens with two attached hydrogens (primary N) is 1. The number of carbonyl (C=O) groups is 2. The fraction of sp³-hybridized carbons (Fsp3) is 0.250. The number of urea groups is 1. The van der Waals surface area contributed by atoms with Gasteiger partial charge in [0.2, 0.25) is 5.91 Å². The SMILES string of the molecule is Cn1c(CCNC(=O)Nc2cnn(CC(N)=O)c2)nc2ccc(F)cc21. The highest BCUT2D eigenvalue weighted by Crippen LogP contribution is 2.16. The van der Waals surface area contributed by atoms with Crippen LogP contribution in [0.3, 0.4) is 0 Å². The first kappa shape index (κ1) is 17.4. The van der Waals surface area contributed by atoms with Crippen LogP contribution in [0, 0.1) is 5.82 Å². The summed E-state index contributed by atoms with van der Waals surface area (Å²) in [5, 5.41) is 9.22. The molecule has 0 bridgehead atoms. The summed E-state index contributed by atoms with van der Waals surface area (Å²) in [6.45, 7) is 0.289. The van der Waals surface area contributed by atoms with Crippen LogP contribution in [0.2, 0.25) is 0 Å². The van der Waals surface area contributed by atoms with Crippen molar-refractivity contribution in [2.75, 3.05) is 11.9 Å². The largest absolute Gasteiger partial charge is 0.368 e. The zero-order chi connectivity index (χ0) is 18.7. The molecule has 26 heavy (non-hydrogen) atoms. The second kappa shape index (κ2) is 7.21. The number of nitrogens with zero attached hydrogens (tertiary/aromatic N) is 4. The Balaban J connectivity index is 1.53. The number of hydrogen-bond acceptors (Lipinski definition) is 4. The Morgan fingerprint density at radius 3 is 2.92 bits per heavy atom. The highest BCUT2D eigenvalue weighted by Gasteiger charge is 2.10. The monoisotopic (exact) mass is 359 g/mol. The lowest BCUT2D eigenvalue weighted by Gasteiger charge is -2.06. The summed E-state index contributed by atoms with van der Waals surface area (Å²) in [5.41, 5.74) is 6.93. The summed E-state index contributed by atoms with van der Waals surface area (Å²) in [7, 11) is 1.80. The van der Waals surface area contributed by atoms with E-state index in [0.717, 1.165) is 5.82 Å². The molecule has 10 heteroatoms. The lowest BCUT2D eigenvalue weighted by atomic mass is 10.3. The van der Waals surface area contributed by atoms with Gasteiger partial charge >= 0.3 is 6.03 Å². The molecule has 0 aliphatic heterocycles. The number of primary amides is 1. The van der Waals surface area contributed by atoms with Crippen molar-refractivity contribution in [3.63, 3.8) is 0 Å². The molecule has 0 aliphatic carbocycles.